The molecule has 4 heteroatoms. The second-order valence-corrected chi connectivity index (χ2v) is 4.37. The first-order valence-electron chi connectivity index (χ1n) is 6.75. The summed E-state index contributed by atoms with van der Waals surface area (Å²) in [4.78, 5) is 11.7. The Balaban J connectivity index is 2.14. The summed E-state index contributed by atoms with van der Waals surface area (Å²) in [6.45, 7) is 7.65. The first-order chi connectivity index (χ1) is 8.29. The molecule has 1 rings (SSSR count). The van der Waals surface area contributed by atoms with E-state index in [0.717, 1.165) is 26.2 Å². The third kappa shape index (κ3) is 4.77. The van der Waals surface area contributed by atoms with E-state index in [-0.39, 0.29) is 5.69 Å². The van der Waals surface area contributed by atoms with Crippen LogP contribution in [0.25, 0.3) is 0 Å². The van der Waals surface area contributed by atoms with Crippen LogP contribution in [-0.2, 0) is 13.1 Å². The van der Waals surface area contributed by atoms with Gasteiger partial charge in [-0.1, -0.05) is 26.2 Å². The summed E-state index contributed by atoms with van der Waals surface area (Å²) in [5.74, 6) is 0. The molecular weight excluding hydrogens is 214 g/mol. The average Bonchev–Trinajstić information content (AvgIpc) is 2.69. The van der Waals surface area contributed by atoms with Crippen LogP contribution in [0.4, 0.5) is 0 Å². The Labute approximate surface area is 104 Å². The highest BCUT2D eigenvalue weighted by Crippen LogP contribution is 1.96. The number of aryl methyl sites for hydroxylation is 1. The van der Waals surface area contributed by atoms with Crippen molar-refractivity contribution in [1.82, 2.24) is 14.5 Å². The van der Waals surface area contributed by atoms with E-state index in [2.05, 4.69) is 12.2 Å². The van der Waals surface area contributed by atoms with Crippen LogP contribution in [0.15, 0.2) is 17.2 Å². The van der Waals surface area contributed by atoms with E-state index in [1.54, 1.807) is 9.13 Å². The van der Waals surface area contributed by atoms with E-state index in [1.807, 2.05) is 19.3 Å². The van der Waals surface area contributed by atoms with Gasteiger partial charge < -0.3 is 5.32 Å². The molecule has 0 spiro atoms. The van der Waals surface area contributed by atoms with Crippen molar-refractivity contribution in [2.24, 2.45) is 0 Å². The van der Waals surface area contributed by atoms with Gasteiger partial charge in [-0.3, -0.25) is 9.13 Å². The standard InChI is InChI=1S/C13H25N3O/c1-3-5-6-7-8-14-9-10-16-12-11-15(4-2)13(16)17/h11-12,14H,3-10H2,1-2H3. The Hall–Kier alpha value is -1.03. The third-order valence-corrected chi connectivity index (χ3v) is 3.00. The summed E-state index contributed by atoms with van der Waals surface area (Å²) in [5, 5.41) is 3.38. The number of unbranched alkanes of at least 4 members (excludes halogenated alkanes) is 3. The number of rotatable bonds is 9. The van der Waals surface area contributed by atoms with E-state index >= 15 is 0 Å². The van der Waals surface area contributed by atoms with E-state index in [9.17, 15) is 4.79 Å². The maximum absolute atomic E-state index is 11.7. The van der Waals surface area contributed by atoms with Gasteiger partial charge in [0.25, 0.3) is 0 Å². The van der Waals surface area contributed by atoms with Crippen molar-refractivity contribution in [1.29, 1.82) is 0 Å². The SMILES string of the molecule is CCCCCCNCCn1ccn(CC)c1=O. The maximum Gasteiger partial charge on any atom is 0.328 e. The molecule has 0 saturated carbocycles. The minimum atomic E-state index is 0.0975. The maximum atomic E-state index is 11.7. The molecule has 0 unspecified atom stereocenters. The highest BCUT2D eigenvalue weighted by Gasteiger charge is 2.00. The lowest BCUT2D eigenvalue weighted by molar-refractivity contribution is 0.547. The van der Waals surface area contributed by atoms with E-state index in [1.165, 1.54) is 25.7 Å². The van der Waals surface area contributed by atoms with Crippen molar-refractivity contribution in [3.63, 3.8) is 0 Å². The van der Waals surface area contributed by atoms with E-state index in [0.29, 0.717) is 0 Å². The first kappa shape index (κ1) is 14.0. The van der Waals surface area contributed by atoms with Crippen LogP contribution < -0.4 is 11.0 Å². The van der Waals surface area contributed by atoms with Gasteiger partial charge in [0.05, 0.1) is 0 Å². The van der Waals surface area contributed by atoms with Gasteiger partial charge in [-0.05, 0) is 19.9 Å². The second kappa shape index (κ2) is 8.12. The lowest BCUT2D eigenvalue weighted by Crippen LogP contribution is -2.28. The minimum absolute atomic E-state index is 0.0975. The normalized spacial score (nSPS) is 10.9. The Kier molecular flexibility index (Phi) is 6.70. The summed E-state index contributed by atoms with van der Waals surface area (Å²) < 4.78 is 3.49. The molecule has 0 aromatic carbocycles. The van der Waals surface area contributed by atoms with Crippen molar-refractivity contribution >= 4 is 0 Å². The molecule has 0 bridgehead atoms. The van der Waals surface area contributed by atoms with Gasteiger partial charge in [0.1, 0.15) is 0 Å². The van der Waals surface area contributed by atoms with Crippen LogP contribution in [0.3, 0.4) is 0 Å². The Bertz CT molecular complexity index is 354. The van der Waals surface area contributed by atoms with Gasteiger partial charge in [0, 0.05) is 32.0 Å². The van der Waals surface area contributed by atoms with Crippen molar-refractivity contribution in [3.05, 3.63) is 22.9 Å². The van der Waals surface area contributed by atoms with Gasteiger partial charge in [-0.25, -0.2) is 4.79 Å². The summed E-state index contributed by atoms with van der Waals surface area (Å²) in [6, 6.07) is 0. The van der Waals surface area contributed by atoms with Gasteiger partial charge in [-0.15, -0.1) is 0 Å². The van der Waals surface area contributed by atoms with Crippen molar-refractivity contribution in [2.45, 2.75) is 52.6 Å². The largest absolute Gasteiger partial charge is 0.328 e. The van der Waals surface area contributed by atoms with E-state index < -0.39 is 0 Å². The fraction of sp³-hybridized carbons (Fsp3) is 0.769. The van der Waals surface area contributed by atoms with Gasteiger partial charge in [0.2, 0.25) is 0 Å². The van der Waals surface area contributed by atoms with Gasteiger partial charge in [0.15, 0.2) is 0 Å². The quantitative estimate of drug-likeness (QED) is 0.668. The highest BCUT2D eigenvalue weighted by atomic mass is 16.1. The van der Waals surface area contributed by atoms with Crippen LogP contribution in [0.2, 0.25) is 0 Å². The summed E-state index contributed by atoms with van der Waals surface area (Å²) in [5.41, 5.74) is 0.0975. The fourth-order valence-electron chi connectivity index (χ4n) is 1.87. The molecule has 0 fully saturated rings. The smallest absolute Gasteiger partial charge is 0.315 e. The zero-order valence-corrected chi connectivity index (χ0v) is 11.1. The lowest BCUT2D eigenvalue weighted by atomic mass is 10.2. The molecule has 0 aliphatic carbocycles. The molecule has 1 heterocycles. The molecule has 0 radical (unpaired) electrons. The van der Waals surface area contributed by atoms with Crippen LogP contribution in [0.1, 0.15) is 39.5 Å². The number of nitrogens with zero attached hydrogens (tertiary/aromatic N) is 2. The van der Waals surface area contributed by atoms with Crippen molar-refractivity contribution in [2.75, 3.05) is 13.1 Å². The van der Waals surface area contributed by atoms with Crippen LogP contribution >= 0.6 is 0 Å². The molecular formula is C13H25N3O. The molecule has 1 aromatic heterocycles. The molecule has 0 atom stereocenters. The summed E-state index contributed by atoms with van der Waals surface area (Å²) in [7, 11) is 0. The molecule has 0 saturated heterocycles. The Morgan fingerprint density at radius 1 is 1.06 bits per heavy atom. The van der Waals surface area contributed by atoms with Crippen LogP contribution in [-0.4, -0.2) is 22.2 Å². The molecule has 0 aliphatic rings. The molecule has 98 valence electrons. The molecule has 0 amide bonds. The number of imidazole rings is 1. The van der Waals surface area contributed by atoms with E-state index in [4.69, 9.17) is 0 Å². The van der Waals surface area contributed by atoms with Gasteiger partial charge in [-0.2, -0.15) is 0 Å². The molecule has 17 heavy (non-hydrogen) atoms. The number of hydrogen-bond acceptors (Lipinski definition) is 2. The predicted octanol–water partition coefficient (Wildman–Crippen LogP) is 1.84. The Morgan fingerprint density at radius 2 is 1.82 bits per heavy atom. The monoisotopic (exact) mass is 239 g/mol. The van der Waals surface area contributed by atoms with Crippen LogP contribution in [0.5, 0.6) is 0 Å². The molecule has 1 N–H and O–H groups in total. The van der Waals surface area contributed by atoms with Crippen molar-refractivity contribution in [3.8, 4) is 0 Å². The first-order valence-corrected chi connectivity index (χ1v) is 6.75. The third-order valence-electron chi connectivity index (χ3n) is 3.00. The second-order valence-electron chi connectivity index (χ2n) is 4.37. The Morgan fingerprint density at radius 3 is 2.47 bits per heavy atom. The summed E-state index contributed by atoms with van der Waals surface area (Å²) >= 11 is 0. The highest BCUT2D eigenvalue weighted by molar-refractivity contribution is 4.81. The molecule has 0 aliphatic heterocycles. The summed E-state index contributed by atoms with van der Waals surface area (Å²) in [6.07, 6.45) is 8.85. The van der Waals surface area contributed by atoms with Crippen LogP contribution in [0, 0.1) is 0 Å². The number of hydrogen-bond donors (Lipinski definition) is 1. The fourth-order valence-corrected chi connectivity index (χ4v) is 1.87. The number of nitrogens with one attached hydrogen (secondary N) is 1. The zero-order valence-electron chi connectivity index (χ0n) is 11.1. The topological polar surface area (TPSA) is 39.0 Å². The minimum Gasteiger partial charge on any atom is -0.315 e. The molecule has 1 aromatic rings. The number of aromatic nitrogens is 2. The predicted molar refractivity (Wildman–Crippen MR) is 71.4 cm³/mol. The van der Waals surface area contributed by atoms with Crippen molar-refractivity contribution < 1.29 is 0 Å². The average molecular weight is 239 g/mol. The zero-order chi connectivity index (χ0) is 12.5. The molecule has 4 nitrogen and oxygen atoms in total. The lowest BCUT2D eigenvalue weighted by Gasteiger charge is -2.04. The van der Waals surface area contributed by atoms with Gasteiger partial charge >= 0.3 is 5.69 Å².